The number of rotatable bonds is 6. The smallest absolute Gasteiger partial charge is 0.307 e. The fourth-order valence-electron chi connectivity index (χ4n) is 1.21. The molecular weight excluding hydrogens is 220 g/mol. The predicted molar refractivity (Wildman–Crippen MR) is 66.1 cm³/mol. The maximum absolute atomic E-state index is 10.9. The molecule has 0 aliphatic carbocycles. The van der Waals surface area contributed by atoms with Crippen molar-refractivity contribution < 1.29 is 9.53 Å². The van der Waals surface area contributed by atoms with Gasteiger partial charge in [-0.15, -0.1) is 0 Å². The number of carbonyl (C=O) groups excluding carboxylic acids is 1. The second-order valence-corrected chi connectivity index (χ2v) is 3.53. The highest BCUT2D eigenvalue weighted by molar-refractivity contribution is 5.69. The molecule has 1 rings (SSSR count). The van der Waals surface area contributed by atoms with Gasteiger partial charge in [-0.25, -0.2) is 9.97 Å². The summed E-state index contributed by atoms with van der Waals surface area (Å²) in [5.74, 6) is 1.32. The number of esters is 1. The van der Waals surface area contributed by atoms with Crippen LogP contribution in [0.2, 0.25) is 0 Å². The zero-order valence-electron chi connectivity index (χ0n) is 10.4. The third-order valence-corrected chi connectivity index (χ3v) is 2.38. The molecule has 1 N–H and O–H groups in total. The highest BCUT2D eigenvalue weighted by atomic mass is 16.5. The Labute approximate surface area is 101 Å². The SMILES string of the molecule is CCN(C)c1cc(NCCC(=O)OC)ncn1. The van der Waals surface area contributed by atoms with Crippen LogP contribution in [0, 0.1) is 0 Å². The standard InChI is InChI=1S/C11H18N4O2/c1-4-15(2)10-7-9(13-8-14-10)12-6-5-11(16)17-3/h7-8H,4-6H2,1-3H3,(H,12,13,14). The Kier molecular flexibility index (Phi) is 5.19. The summed E-state index contributed by atoms with van der Waals surface area (Å²) in [6, 6.07) is 1.85. The summed E-state index contributed by atoms with van der Waals surface area (Å²) in [4.78, 5) is 21.2. The molecule has 0 atom stereocenters. The first kappa shape index (κ1) is 13.2. The molecule has 6 nitrogen and oxygen atoms in total. The molecule has 0 radical (unpaired) electrons. The molecule has 0 aliphatic rings. The van der Waals surface area contributed by atoms with Crippen molar-refractivity contribution in [1.29, 1.82) is 0 Å². The Morgan fingerprint density at radius 3 is 2.94 bits per heavy atom. The fraction of sp³-hybridized carbons (Fsp3) is 0.545. The second kappa shape index (κ2) is 6.67. The molecule has 0 saturated carbocycles. The molecule has 0 aromatic carbocycles. The lowest BCUT2D eigenvalue weighted by Gasteiger charge is -2.15. The summed E-state index contributed by atoms with van der Waals surface area (Å²) in [5, 5.41) is 3.05. The van der Waals surface area contributed by atoms with Crippen LogP contribution in [0.1, 0.15) is 13.3 Å². The molecule has 0 aliphatic heterocycles. The van der Waals surface area contributed by atoms with Crippen LogP contribution in [0.15, 0.2) is 12.4 Å². The molecule has 0 amide bonds. The molecule has 94 valence electrons. The fourth-order valence-corrected chi connectivity index (χ4v) is 1.21. The van der Waals surface area contributed by atoms with E-state index in [1.54, 1.807) is 0 Å². The number of methoxy groups -OCH3 is 1. The Balaban J connectivity index is 2.51. The van der Waals surface area contributed by atoms with E-state index in [4.69, 9.17) is 0 Å². The van der Waals surface area contributed by atoms with Gasteiger partial charge in [0.1, 0.15) is 18.0 Å². The van der Waals surface area contributed by atoms with Gasteiger partial charge in [0.2, 0.25) is 0 Å². The minimum Gasteiger partial charge on any atom is -0.469 e. The van der Waals surface area contributed by atoms with Crippen LogP contribution in [0.5, 0.6) is 0 Å². The predicted octanol–water partition coefficient (Wildman–Crippen LogP) is 0.908. The van der Waals surface area contributed by atoms with Gasteiger partial charge in [-0.3, -0.25) is 4.79 Å². The maximum atomic E-state index is 10.9. The van der Waals surface area contributed by atoms with Gasteiger partial charge in [0, 0.05) is 26.2 Å². The number of hydrogen-bond donors (Lipinski definition) is 1. The molecule has 0 bridgehead atoms. The summed E-state index contributed by atoms with van der Waals surface area (Å²) in [7, 11) is 3.34. The Hall–Kier alpha value is -1.85. The van der Waals surface area contributed by atoms with Crippen LogP contribution < -0.4 is 10.2 Å². The summed E-state index contributed by atoms with van der Waals surface area (Å²) >= 11 is 0. The van der Waals surface area contributed by atoms with Gasteiger partial charge >= 0.3 is 5.97 Å². The van der Waals surface area contributed by atoms with Crippen molar-refractivity contribution in [2.24, 2.45) is 0 Å². The van der Waals surface area contributed by atoms with Crippen LogP contribution >= 0.6 is 0 Å². The van der Waals surface area contributed by atoms with Crippen LogP contribution in [0.3, 0.4) is 0 Å². The zero-order valence-corrected chi connectivity index (χ0v) is 10.4. The molecule has 0 spiro atoms. The van der Waals surface area contributed by atoms with Crippen molar-refractivity contribution in [2.45, 2.75) is 13.3 Å². The Bertz CT molecular complexity index is 370. The molecule has 17 heavy (non-hydrogen) atoms. The molecule has 1 aromatic heterocycles. The second-order valence-electron chi connectivity index (χ2n) is 3.53. The summed E-state index contributed by atoms with van der Waals surface area (Å²) in [6.07, 6.45) is 1.82. The molecule has 1 heterocycles. The van der Waals surface area contributed by atoms with Gasteiger partial charge in [-0.1, -0.05) is 0 Å². The number of nitrogens with one attached hydrogen (secondary N) is 1. The molecule has 0 unspecified atom stereocenters. The molecule has 0 fully saturated rings. The van der Waals surface area contributed by atoms with Crippen molar-refractivity contribution in [3.63, 3.8) is 0 Å². The monoisotopic (exact) mass is 238 g/mol. The average molecular weight is 238 g/mol. The van der Waals surface area contributed by atoms with E-state index < -0.39 is 0 Å². The van der Waals surface area contributed by atoms with Crippen molar-refractivity contribution >= 4 is 17.6 Å². The van der Waals surface area contributed by atoms with Crippen LogP contribution in [0.25, 0.3) is 0 Å². The number of nitrogens with zero attached hydrogens (tertiary/aromatic N) is 3. The molecule has 6 heteroatoms. The minimum atomic E-state index is -0.238. The number of aromatic nitrogens is 2. The largest absolute Gasteiger partial charge is 0.469 e. The van der Waals surface area contributed by atoms with Crippen LogP contribution in [0.4, 0.5) is 11.6 Å². The Morgan fingerprint density at radius 1 is 1.53 bits per heavy atom. The van der Waals surface area contributed by atoms with Gasteiger partial charge in [0.15, 0.2) is 0 Å². The summed E-state index contributed by atoms with van der Waals surface area (Å²) in [5.41, 5.74) is 0. The third-order valence-electron chi connectivity index (χ3n) is 2.38. The van der Waals surface area contributed by atoms with E-state index >= 15 is 0 Å². The van der Waals surface area contributed by atoms with E-state index in [2.05, 4.69) is 20.0 Å². The normalized spacial score (nSPS) is 9.82. The van der Waals surface area contributed by atoms with Gasteiger partial charge in [-0.05, 0) is 6.92 Å². The molecule has 0 saturated heterocycles. The van der Waals surface area contributed by atoms with Gasteiger partial charge in [0.25, 0.3) is 0 Å². The van der Waals surface area contributed by atoms with E-state index in [9.17, 15) is 4.79 Å². The van der Waals surface area contributed by atoms with Crippen molar-refractivity contribution in [3.8, 4) is 0 Å². The highest BCUT2D eigenvalue weighted by Crippen LogP contribution is 2.11. The first-order valence-corrected chi connectivity index (χ1v) is 5.51. The van der Waals surface area contributed by atoms with Crippen LogP contribution in [-0.4, -0.2) is 43.2 Å². The van der Waals surface area contributed by atoms with Gasteiger partial charge < -0.3 is 15.0 Å². The summed E-state index contributed by atoms with van der Waals surface area (Å²) < 4.78 is 4.55. The van der Waals surface area contributed by atoms with E-state index in [0.717, 1.165) is 12.4 Å². The van der Waals surface area contributed by atoms with E-state index in [1.165, 1.54) is 13.4 Å². The lowest BCUT2D eigenvalue weighted by Crippen LogP contribution is -2.18. The topological polar surface area (TPSA) is 67.4 Å². The highest BCUT2D eigenvalue weighted by Gasteiger charge is 2.03. The first-order chi connectivity index (χ1) is 8.17. The maximum Gasteiger partial charge on any atom is 0.307 e. The van der Waals surface area contributed by atoms with Crippen molar-refractivity contribution in [3.05, 3.63) is 12.4 Å². The van der Waals surface area contributed by atoms with Gasteiger partial charge in [0.05, 0.1) is 13.5 Å². The average Bonchev–Trinajstić information content (AvgIpc) is 2.38. The number of ether oxygens (including phenoxy) is 1. The quantitative estimate of drug-likeness (QED) is 0.743. The number of anilines is 2. The lowest BCUT2D eigenvalue weighted by atomic mass is 10.4. The van der Waals surface area contributed by atoms with Crippen molar-refractivity contribution in [2.75, 3.05) is 37.5 Å². The summed E-state index contributed by atoms with van der Waals surface area (Å²) in [6.45, 7) is 3.42. The van der Waals surface area contributed by atoms with E-state index in [0.29, 0.717) is 18.8 Å². The lowest BCUT2D eigenvalue weighted by molar-refractivity contribution is -0.140. The van der Waals surface area contributed by atoms with Crippen LogP contribution in [-0.2, 0) is 9.53 Å². The van der Waals surface area contributed by atoms with Crippen molar-refractivity contribution in [1.82, 2.24) is 9.97 Å². The molecule has 1 aromatic rings. The van der Waals surface area contributed by atoms with E-state index in [1.807, 2.05) is 24.9 Å². The number of hydrogen-bond acceptors (Lipinski definition) is 6. The first-order valence-electron chi connectivity index (χ1n) is 5.51. The molecular formula is C11H18N4O2. The van der Waals surface area contributed by atoms with E-state index in [-0.39, 0.29) is 5.97 Å². The van der Waals surface area contributed by atoms with Gasteiger partial charge in [-0.2, -0.15) is 0 Å². The zero-order chi connectivity index (χ0) is 12.7. The third kappa shape index (κ3) is 4.26. The Morgan fingerprint density at radius 2 is 2.29 bits per heavy atom. The minimum absolute atomic E-state index is 0.238. The number of carbonyl (C=O) groups is 1.